The van der Waals surface area contributed by atoms with Crippen LogP contribution in [-0.4, -0.2) is 23.0 Å². The van der Waals surface area contributed by atoms with Gasteiger partial charge in [-0.1, -0.05) is 29.8 Å². The Bertz CT molecular complexity index is 911. The van der Waals surface area contributed by atoms with Crippen LogP contribution in [0.25, 0.3) is 11.1 Å². The van der Waals surface area contributed by atoms with Crippen molar-refractivity contribution >= 4 is 17.5 Å². The highest BCUT2D eigenvalue weighted by Gasteiger charge is 2.10. The number of pyridine rings is 2. The lowest BCUT2D eigenvalue weighted by molar-refractivity contribution is 0.0995. The lowest BCUT2D eigenvalue weighted by Crippen LogP contribution is -2.12. The fourth-order valence-corrected chi connectivity index (χ4v) is 2.72. The van der Waals surface area contributed by atoms with E-state index in [1.807, 2.05) is 36.4 Å². The summed E-state index contributed by atoms with van der Waals surface area (Å²) in [6.07, 6.45) is 4.02. The Kier molecular flexibility index (Phi) is 4.95. The predicted molar refractivity (Wildman–Crippen MR) is 96.8 cm³/mol. The number of rotatable bonds is 5. The van der Waals surface area contributed by atoms with E-state index < -0.39 is 5.91 Å². The Hall–Kier alpha value is -2.92. The van der Waals surface area contributed by atoms with Crippen molar-refractivity contribution in [2.75, 3.05) is 7.11 Å². The third-order valence-electron chi connectivity index (χ3n) is 3.72. The van der Waals surface area contributed by atoms with Crippen molar-refractivity contribution in [3.05, 3.63) is 76.7 Å². The van der Waals surface area contributed by atoms with Gasteiger partial charge in [0.15, 0.2) is 0 Å². The van der Waals surface area contributed by atoms with Crippen LogP contribution in [0.2, 0.25) is 5.02 Å². The molecule has 25 heavy (non-hydrogen) atoms. The summed E-state index contributed by atoms with van der Waals surface area (Å²) in [5.74, 6) is -0.00544. The number of hydrogen-bond acceptors (Lipinski definition) is 4. The minimum Gasteiger partial charge on any atom is -0.481 e. The van der Waals surface area contributed by atoms with Gasteiger partial charge >= 0.3 is 0 Å². The Morgan fingerprint density at radius 3 is 2.56 bits per heavy atom. The van der Waals surface area contributed by atoms with Gasteiger partial charge in [-0.05, 0) is 41.0 Å². The Balaban J connectivity index is 1.92. The molecule has 1 amide bonds. The van der Waals surface area contributed by atoms with Gasteiger partial charge in [0.05, 0.1) is 7.11 Å². The van der Waals surface area contributed by atoms with Crippen LogP contribution >= 0.6 is 11.6 Å². The van der Waals surface area contributed by atoms with Crippen LogP contribution in [0.15, 0.2) is 54.9 Å². The molecule has 2 N–H and O–H groups in total. The summed E-state index contributed by atoms with van der Waals surface area (Å²) in [7, 11) is 1.59. The van der Waals surface area contributed by atoms with Gasteiger partial charge in [0, 0.05) is 29.4 Å². The summed E-state index contributed by atoms with van der Waals surface area (Å²) in [6, 6.07) is 13.0. The summed E-state index contributed by atoms with van der Waals surface area (Å²) in [6.45, 7) is 0. The number of carbonyl (C=O) groups excluding carboxylic acids is 1. The van der Waals surface area contributed by atoms with Crippen molar-refractivity contribution in [2.45, 2.75) is 6.42 Å². The molecule has 0 radical (unpaired) electrons. The molecule has 0 spiro atoms. The molecule has 0 aliphatic rings. The topological polar surface area (TPSA) is 78.1 Å². The number of carbonyl (C=O) groups is 1. The molecular formula is C19H16ClN3O2. The summed E-state index contributed by atoms with van der Waals surface area (Å²) in [5.41, 5.74) is 9.19. The molecule has 0 aliphatic heterocycles. The van der Waals surface area contributed by atoms with Gasteiger partial charge in [0.1, 0.15) is 5.69 Å². The molecule has 0 atom stereocenters. The lowest BCUT2D eigenvalue weighted by Gasteiger charge is -2.10. The molecule has 0 saturated heterocycles. The third kappa shape index (κ3) is 3.95. The normalized spacial score (nSPS) is 10.5. The Morgan fingerprint density at radius 2 is 1.92 bits per heavy atom. The summed E-state index contributed by atoms with van der Waals surface area (Å²) >= 11 is 6.09. The molecule has 5 nitrogen and oxygen atoms in total. The van der Waals surface area contributed by atoms with Gasteiger partial charge in [-0.15, -0.1) is 0 Å². The highest BCUT2D eigenvalue weighted by atomic mass is 35.5. The fourth-order valence-electron chi connectivity index (χ4n) is 2.53. The molecule has 0 saturated carbocycles. The first-order chi connectivity index (χ1) is 12.1. The van der Waals surface area contributed by atoms with E-state index >= 15 is 0 Å². The smallest absolute Gasteiger partial charge is 0.267 e. The largest absolute Gasteiger partial charge is 0.481 e. The monoisotopic (exact) mass is 353 g/mol. The zero-order valence-corrected chi connectivity index (χ0v) is 14.3. The summed E-state index contributed by atoms with van der Waals surface area (Å²) in [5, 5.41) is 0.649. The molecule has 0 unspecified atom stereocenters. The first kappa shape index (κ1) is 16.9. The highest BCUT2D eigenvalue weighted by molar-refractivity contribution is 6.30. The molecule has 3 aromatic rings. The van der Waals surface area contributed by atoms with E-state index in [-0.39, 0.29) is 5.69 Å². The predicted octanol–water partition coefficient (Wildman–Crippen LogP) is 3.50. The number of methoxy groups -OCH3 is 1. The Labute approximate surface area is 150 Å². The number of nitrogens with two attached hydrogens (primary N) is 1. The van der Waals surface area contributed by atoms with Crippen LogP contribution in [0.5, 0.6) is 5.88 Å². The quantitative estimate of drug-likeness (QED) is 0.761. The van der Waals surface area contributed by atoms with E-state index in [0.717, 1.165) is 22.3 Å². The SMILES string of the molecule is COc1ncc(Cc2ccc(C(N)=O)nc2)cc1-c1cccc(Cl)c1. The van der Waals surface area contributed by atoms with Crippen molar-refractivity contribution in [2.24, 2.45) is 5.73 Å². The number of amides is 1. The molecule has 126 valence electrons. The molecule has 2 heterocycles. The molecule has 3 rings (SSSR count). The molecule has 0 aliphatic carbocycles. The van der Waals surface area contributed by atoms with E-state index in [4.69, 9.17) is 22.1 Å². The second-order valence-corrected chi connectivity index (χ2v) is 5.94. The number of hydrogen-bond donors (Lipinski definition) is 1. The fraction of sp³-hybridized carbons (Fsp3) is 0.105. The van der Waals surface area contributed by atoms with Crippen LogP contribution < -0.4 is 10.5 Å². The van der Waals surface area contributed by atoms with E-state index in [1.165, 1.54) is 0 Å². The number of aromatic nitrogens is 2. The number of ether oxygens (including phenoxy) is 1. The molecule has 0 fully saturated rings. The number of nitrogens with zero attached hydrogens (tertiary/aromatic N) is 2. The summed E-state index contributed by atoms with van der Waals surface area (Å²) in [4.78, 5) is 19.5. The number of benzene rings is 1. The van der Waals surface area contributed by atoms with Crippen molar-refractivity contribution in [3.63, 3.8) is 0 Å². The van der Waals surface area contributed by atoms with Gasteiger partial charge in [-0.25, -0.2) is 4.98 Å². The molecule has 0 bridgehead atoms. The average Bonchev–Trinajstić information content (AvgIpc) is 2.62. The van der Waals surface area contributed by atoms with Crippen LogP contribution in [0.1, 0.15) is 21.6 Å². The minimum atomic E-state index is -0.541. The number of primary amides is 1. The van der Waals surface area contributed by atoms with Gasteiger partial charge in [0.2, 0.25) is 5.88 Å². The van der Waals surface area contributed by atoms with Crippen LogP contribution in [0, 0.1) is 0 Å². The third-order valence-corrected chi connectivity index (χ3v) is 3.96. The second kappa shape index (κ2) is 7.32. The molecule has 2 aromatic heterocycles. The lowest BCUT2D eigenvalue weighted by atomic mass is 10.0. The van der Waals surface area contributed by atoms with Crippen LogP contribution in [-0.2, 0) is 6.42 Å². The Morgan fingerprint density at radius 1 is 1.12 bits per heavy atom. The molecular weight excluding hydrogens is 338 g/mol. The van der Waals surface area contributed by atoms with Crippen molar-refractivity contribution in [1.29, 1.82) is 0 Å². The van der Waals surface area contributed by atoms with Gasteiger partial charge in [0.25, 0.3) is 5.91 Å². The van der Waals surface area contributed by atoms with E-state index in [1.54, 1.807) is 25.6 Å². The zero-order valence-electron chi connectivity index (χ0n) is 13.6. The van der Waals surface area contributed by atoms with Crippen molar-refractivity contribution in [1.82, 2.24) is 9.97 Å². The number of halogens is 1. The maximum atomic E-state index is 11.1. The summed E-state index contributed by atoms with van der Waals surface area (Å²) < 4.78 is 5.37. The minimum absolute atomic E-state index is 0.247. The standard InChI is InChI=1S/C19H16ClN3O2/c1-25-19-16(14-3-2-4-15(20)9-14)8-13(11-23-19)7-12-5-6-17(18(21)24)22-10-12/h2-6,8-11H,7H2,1H3,(H2,21,24). The average molecular weight is 354 g/mol. The maximum Gasteiger partial charge on any atom is 0.267 e. The zero-order chi connectivity index (χ0) is 17.8. The first-order valence-electron chi connectivity index (χ1n) is 7.60. The molecule has 6 heteroatoms. The van der Waals surface area contributed by atoms with Crippen LogP contribution in [0.3, 0.4) is 0 Å². The van der Waals surface area contributed by atoms with E-state index in [0.29, 0.717) is 17.3 Å². The first-order valence-corrected chi connectivity index (χ1v) is 7.98. The van der Waals surface area contributed by atoms with Gasteiger partial charge in [-0.3, -0.25) is 9.78 Å². The van der Waals surface area contributed by atoms with E-state index in [9.17, 15) is 4.79 Å². The van der Waals surface area contributed by atoms with E-state index in [2.05, 4.69) is 9.97 Å². The maximum absolute atomic E-state index is 11.1. The van der Waals surface area contributed by atoms with Gasteiger partial charge in [-0.2, -0.15) is 0 Å². The van der Waals surface area contributed by atoms with Crippen molar-refractivity contribution < 1.29 is 9.53 Å². The second-order valence-electron chi connectivity index (χ2n) is 5.50. The molecule has 1 aromatic carbocycles. The van der Waals surface area contributed by atoms with Crippen LogP contribution in [0.4, 0.5) is 0 Å². The van der Waals surface area contributed by atoms with Crippen molar-refractivity contribution in [3.8, 4) is 17.0 Å². The van der Waals surface area contributed by atoms with Gasteiger partial charge < -0.3 is 10.5 Å². The highest BCUT2D eigenvalue weighted by Crippen LogP contribution is 2.31.